The van der Waals surface area contributed by atoms with Crippen molar-refractivity contribution in [2.24, 2.45) is 7.05 Å². The Kier molecular flexibility index (Phi) is 3.74. The van der Waals surface area contributed by atoms with Gasteiger partial charge < -0.3 is 15.2 Å². The molecule has 7 heteroatoms. The molecule has 1 aromatic carbocycles. The molecule has 0 aliphatic rings. The summed E-state index contributed by atoms with van der Waals surface area (Å²) in [5.74, 6) is 0.902. The third kappa shape index (κ3) is 3.06. The van der Waals surface area contributed by atoms with Crippen molar-refractivity contribution in [2.75, 3.05) is 5.32 Å². The summed E-state index contributed by atoms with van der Waals surface area (Å²) >= 11 is 0. The smallest absolute Gasteiger partial charge is 0.319 e. The van der Waals surface area contributed by atoms with E-state index in [0.29, 0.717) is 5.82 Å². The van der Waals surface area contributed by atoms with Crippen LogP contribution in [0.1, 0.15) is 11.6 Å². The number of hydrogen-bond acceptors (Lipinski definition) is 3. The highest BCUT2D eigenvalue weighted by molar-refractivity contribution is 5.89. The maximum absolute atomic E-state index is 13.3. The zero-order valence-electron chi connectivity index (χ0n) is 10.6. The summed E-state index contributed by atoms with van der Waals surface area (Å²) in [5.41, 5.74) is 0.133. The van der Waals surface area contributed by atoms with Crippen LogP contribution >= 0.6 is 0 Å². The van der Waals surface area contributed by atoms with Crippen molar-refractivity contribution in [3.8, 4) is 0 Å². The van der Waals surface area contributed by atoms with Gasteiger partial charge in [-0.1, -0.05) is 12.1 Å². The average molecular weight is 263 g/mol. The Balaban J connectivity index is 1.92. The van der Waals surface area contributed by atoms with Crippen LogP contribution in [0.4, 0.5) is 14.9 Å². The predicted octanol–water partition coefficient (Wildman–Crippen LogP) is 1.58. The van der Waals surface area contributed by atoms with Gasteiger partial charge in [-0.3, -0.25) is 0 Å². The van der Waals surface area contributed by atoms with Crippen molar-refractivity contribution >= 4 is 11.7 Å². The molecule has 100 valence electrons. The Morgan fingerprint density at radius 3 is 2.74 bits per heavy atom. The number of para-hydroxylation sites is 1. The number of amides is 2. The normalized spacial score (nSPS) is 10.3. The van der Waals surface area contributed by atoms with E-state index in [2.05, 4.69) is 20.8 Å². The molecule has 0 unspecified atom stereocenters. The van der Waals surface area contributed by atoms with Gasteiger partial charge in [-0.15, -0.1) is 10.2 Å². The van der Waals surface area contributed by atoms with Gasteiger partial charge in [0, 0.05) is 7.05 Å². The first kappa shape index (κ1) is 13.0. The summed E-state index contributed by atoms with van der Waals surface area (Å²) in [6.45, 7) is 2.04. The maximum atomic E-state index is 13.3. The maximum Gasteiger partial charge on any atom is 0.319 e. The van der Waals surface area contributed by atoms with Crippen LogP contribution in [0, 0.1) is 12.7 Å². The average Bonchev–Trinajstić information content (AvgIpc) is 2.70. The first-order valence-electron chi connectivity index (χ1n) is 5.72. The number of carbonyl (C=O) groups excluding carboxylic acids is 1. The summed E-state index contributed by atoms with van der Waals surface area (Å²) in [4.78, 5) is 11.6. The fourth-order valence-electron chi connectivity index (χ4n) is 1.49. The van der Waals surface area contributed by atoms with Crippen LogP contribution in [0.25, 0.3) is 0 Å². The highest BCUT2D eigenvalue weighted by Gasteiger charge is 2.08. The number of carbonyl (C=O) groups is 1. The first-order valence-corrected chi connectivity index (χ1v) is 5.72. The zero-order chi connectivity index (χ0) is 13.8. The Labute approximate surface area is 109 Å². The van der Waals surface area contributed by atoms with Crippen LogP contribution < -0.4 is 10.6 Å². The SMILES string of the molecule is Cc1nnc(CNC(=O)Nc2ccccc2F)n1C. The van der Waals surface area contributed by atoms with Crippen molar-refractivity contribution in [1.82, 2.24) is 20.1 Å². The van der Waals surface area contributed by atoms with E-state index in [1.54, 1.807) is 23.7 Å². The molecule has 2 amide bonds. The molecule has 19 heavy (non-hydrogen) atoms. The van der Waals surface area contributed by atoms with E-state index in [1.165, 1.54) is 12.1 Å². The molecule has 1 aromatic heterocycles. The molecule has 0 saturated carbocycles. The Morgan fingerprint density at radius 1 is 1.37 bits per heavy atom. The number of halogens is 1. The van der Waals surface area contributed by atoms with Gasteiger partial charge in [0.1, 0.15) is 11.6 Å². The van der Waals surface area contributed by atoms with Crippen LogP contribution in [0.2, 0.25) is 0 Å². The second kappa shape index (κ2) is 5.47. The Bertz CT molecular complexity index is 596. The number of aryl methyl sites for hydroxylation is 1. The fraction of sp³-hybridized carbons (Fsp3) is 0.250. The number of nitrogens with one attached hydrogen (secondary N) is 2. The van der Waals surface area contributed by atoms with E-state index in [-0.39, 0.29) is 12.2 Å². The third-order valence-corrected chi connectivity index (χ3v) is 2.71. The molecule has 2 N–H and O–H groups in total. The predicted molar refractivity (Wildman–Crippen MR) is 68.0 cm³/mol. The topological polar surface area (TPSA) is 71.8 Å². The number of hydrogen-bond donors (Lipinski definition) is 2. The minimum Gasteiger partial charge on any atom is -0.331 e. The highest BCUT2D eigenvalue weighted by Crippen LogP contribution is 2.11. The van der Waals surface area contributed by atoms with E-state index < -0.39 is 11.8 Å². The lowest BCUT2D eigenvalue weighted by Crippen LogP contribution is -2.29. The Hall–Kier alpha value is -2.44. The summed E-state index contributed by atoms with van der Waals surface area (Å²) in [6, 6.07) is 5.47. The second-order valence-electron chi connectivity index (χ2n) is 4.01. The zero-order valence-corrected chi connectivity index (χ0v) is 10.6. The van der Waals surface area contributed by atoms with Crippen molar-refractivity contribution in [1.29, 1.82) is 0 Å². The van der Waals surface area contributed by atoms with Gasteiger partial charge >= 0.3 is 6.03 Å². The fourth-order valence-corrected chi connectivity index (χ4v) is 1.49. The number of benzene rings is 1. The first-order chi connectivity index (χ1) is 9.08. The van der Waals surface area contributed by atoms with Crippen LogP contribution in [0.3, 0.4) is 0 Å². The molecule has 0 saturated heterocycles. The van der Waals surface area contributed by atoms with Crippen molar-refractivity contribution in [2.45, 2.75) is 13.5 Å². The van der Waals surface area contributed by atoms with E-state index in [4.69, 9.17) is 0 Å². The largest absolute Gasteiger partial charge is 0.331 e. The van der Waals surface area contributed by atoms with Crippen LogP contribution in [-0.4, -0.2) is 20.8 Å². The quantitative estimate of drug-likeness (QED) is 0.883. The van der Waals surface area contributed by atoms with Gasteiger partial charge in [-0.05, 0) is 19.1 Å². The highest BCUT2D eigenvalue weighted by atomic mass is 19.1. The molecule has 0 fully saturated rings. The van der Waals surface area contributed by atoms with Gasteiger partial charge in [0.2, 0.25) is 0 Å². The van der Waals surface area contributed by atoms with Crippen LogP contribution in [0.5, 0.6) is 0 Å². The lowest BCUT2D eigenvalue weighted by Gasteiger charge is -2.08. The van der Waals surface area contributed by atoms with E-state index in [0.717, 1.165) is 5.82 Å². The molecule has 0 atom stereocenters. The number of anilines is 1. The number of rotatable bonds is 3. The van der Waals surface area contributed by atoms with Gasteiger partial charge in [0.15, 0.2) is 5.82 Å². The van der Waals surface area contributed by atoms with Gasteiger partial charge in [0.05, 0.1) is 12.2 Å². The van der Waals surface area contributed by atoms with Gasteiger partial charge in [0.25, 0.3) is 0 Å². The van der Waals surface area contributed by atoms with E-state index in [9.17, 15) is 9.18 Å². The number of aromatic nitrogens is 3. The lowest BCUT2D eigenvalue weighted by atomic mass is 10.3. The molecule has 0 radical (unpaired) electrons. The van der Waals surface area contributed by atoms with Crippen LogP contribution in [-0.2, 0) is 13.6 Å². The summed E-state index contributed by atoms with van der Waals surface area (Å²) in [7, 11) is 1.81. The van der Waals surface area contributed by atoms with Crippen molar-refractivity contribution < 1.29 is 9.18 Å². The molecular weight excluding hydrogens is 249 g/mol. The molecule has 6 nitrogen and oxygen atoms in total. The van der Waals surface area contributed by atoms with Crippen molar-refractivity contribution in [3.63, 3.8) is 0 Å². The molecule has 0 aliphatic heterocycles. The number of urea groups is 1. The minimum atomic E-state index is -0.495. The minimum absolute atomic E-state index is 0.133. The van der Waals surface area contributed by atoms with Crippen molar-refractivity contribution in [3.05, 3.63) is 41.7 Å². The monoisotopic (exact) mass is 263 g/mol. The van der Waals surface area contributed by atoms with E-state index in [1.807, 2.05) is 6.92 Å². The molecule has 2 rings (SSSR count). The molecule has 1 heterocycles. The molecule has 2 aromatic rings. The lowest BCUT2D eigenvalue weighted by molar-refractivity contribution is 0.251. The third-order valence-electron chi connectivity index (χ3n) is 2.71. The van der Waals surface area contributed by atoms with Gasteiger partial charge in [-0.25, -0.2) is 9.18 Å². The molecule has 0 bridgehead atoms. The summed E-state index contributed by atoms with van der Waals surface area (Å²) in [6.07, 6.45) is 0. The van der Waals surface area contributed by atoms with Gasteiger partial charge in [-0.2, -0.15) is 0 Å². The van der Waals surface area contributed by atoms with Crippen LogP contribution in [0.15, 0.2) is 24.3 Å². The Morgan fingerprint density at radius 2 is 2.11 bits per heavy atom. The summed E-state index contributed by atoms with van der Waals surface area (Å²) in [5, 5.41) is 12.8. The molecule has 0 aliphatic carbocycles. The number of nitrogens with zero attached hydrogens (tertiary/aromatic N) is 3. The molecular formula is C12H14FN5O. The molecule has 0 spiro atoms. The summed E-state index contributed by atoms with van der Waals surface area (Å²) < 4.78 is 15.1. The van der Waals surface area contributed by atoms with E-state index >= 15 is 0 Å². The standard InChI is InChI=1S/C12H14FN5O/c1-8-16-17-11(18(8)2)7-14-12(19)15-10-6-4-3-5-9(10)13/h3-6H,7H2,1-2H3,(H2,14,15,19). The second-order valence-corrected chi connectivity index (χ2v) is 4.01.